The van der Waals surface area contributed by atoms with E-state index in [0.717, 1.165) is 33.4 Å². The maximum atomic E-state index is 9.06. The minimum Gasteiger partial charge on any atom is -0.510 e. The molecule has 12 rings (SSSR count). The van der Waals surface area contributed by atoms with Crippen molar-refractivity contribution in [2.75, 3.05) is 4.90 Å². The minimum atomic E-state index is -0.578. The van der Waals surface area contributed by atoms with Gasteiger partial charge in [0.2, 0.25) is 0 Å². The fraction of sp³-hybridized carbons (Fsp3) is 0.0690. The molecule has 8 heteroatoms. The number of aromatic nitrogens is 3. The Morgan fingerprint density at radius 2 is 1.36 bits per heavy atom. The van der Waals surface area contributed by atoms with Gasteiger partial charge in [0.05, 0.1) is 30.4 Å². The van der Waals surface area contributed by atoms with Gasteiger partial charge in [0.15, 0.2) is 6.71 Å². The van der Waals surface area contributed by atoms with Crippen molar-refractivity contribution in [2.45, 2.75) is 26.2 Å². The van der Waals surface area contributed by atoms with Crippen LogP contribution in [0.3, 0.4) is 0 Å². The summed E-state index contributed by atoms with van der Waals surface area (Å²) in [5.41, 5.74) is 7.37. The number of hydrogen-bond donors (Lipinski definition) is 0. The molecule has 0 aliphatic carbocycles. The summed E-state index contributed by atoms with van der Waals surface area (Å²) in [5.74, 6) is 2.70. The van der Waals surface area contributed by atoms with E-state index in [1.54, 1.807) is 39.5 Å². The van der Waals surface area contributed by atoms with Crippen molar-refractivity contribution in [2.24, 2.45) is 0 Å². The first kappa shape index (κ1) is 31.4. The molecule has 0 amide bonds. The number of rotatable bonds is 7. The number of pyridine rings is 1. The summed E-state index contributed by atoms with van der Waals surface area (Å²) in [6.45, 7) is 6.34. The number of hydrogen-bond acceptors (Lipinski definition) is 4. The van der Waals surface area contributed by atoms with Crippen LogP contribution in [-0.4, -0.2) is 16.3 Å². The number of imidazole rings is 1. The molecule has 320 valence electrons. The van der Waals surface area contributed by atoms with Gasteiger partial charge in [-0.3, -0.25) is 4.57 Å². The number of anilines is 3. The van der Waals surface area contributed by atoms with Gasteiger partial charge in [0, 0.05) is 50.2 Å². The van der Waals surface area contributed by atoms with Crippen LogP contribution in [0.15, 0.2) is 194 Å². The summed E-state index contributed by atoms with van der Waals surface area (Å²) >= 11 is 0. The Labute approximate surface area is 413 Å². The molecule has 0 fully saturated rings. The van der Waals surface area contributed by atoms with Crippen LogP contribution in [0.4, 0.5) is 17.2 Å². The van der Waals surface area contributed by atoms with E-state index in [4.69, 9.17) is 28.2 Å². The van der Waals surface area contributed by atoms with Gasteiger partial charge >= 0.3 is 0 Å². The van der Waals surface area contributed by atoms with Crippen molar-refractivity contribution < 1.29 is 48.8 Å². The van der Waals surface area contributed by atoms with Crippen LogP contribution in [0.1, 0.15) is 40.0 Å². The van der Waals surface area contributed by atoms with E-state index < -0.39 is 60.4 Å². The first-order chi connectivity index (χ1) is 36.0. The van der Waals surface area contributed by atoms with E-state index in [2.05, 4.69) is 68.4 Å². The van der Waals surface area contributed by atoms with Gasteiger partial charge < -0.3 is 18.9 Å². The van der Waals surface area contributed by atoms with Crippen molar-refractivity contribution in [3.63, 3.8) is 0 Å². The molecule has 0 atom stereocenters. The van der Waals surface area contributed by atoms with Crippen molar-refractivity contribution >= 4 is 51.3 Å². The van der Waals surface area contributed by atoms with Gasteiger partial charge in [-0.25, -0.2) is 4.98 Å². The second kappa shape index (κ2) is 16.5. The van der Waals surface area contributed by atoms with Crippen molar-refractivity contribution in [3.05, 3.63) is 218 Å². The zero-order valence-corrected chi connectivity index (χ0v) is 38.0. The molecule has 2 aromatic heterocycles. The summed E-state index contributed by atoms with van der Waals surface area (Å²) < 4.78 is 104. The molecule has 0 saturated carbocycles. The van der Waals surface area contributed by atoms with E-state index in [1.165, 1.54) is 0 Å². The molecule has 4 heterocycles. The Morgan fingerprint density at radius 3 is 2.12 bits per heavy atom. The molecule has 0 spiro atoms. The summed E-state index contributed by atoms with van der Waals surface area (Å²) in [5, 5.41) is 0. The van der Waals surface area contributed by atoms with Crippen LogP contribution < -0.4 is 35.3 Å². The average molecular weight is 1040 g/mol. The quantitative estimate of drug-likeness (QED) is 0.0906. The van der Waals surface area contributed by atoms with E-state index in [9.17, 15) is 0 Å². The second-order valence-corrected chi connectivity index (χ2v) is 16.8. The monoisotopic (exact) mass is 1040 g/mol. The maximum Gasteiger partial charge on any atom is 0.268 e. The van der Waals surface area contributed by atoms with Crippen LogP contribution in [0, 0.1) is 18.5 Å². The molecule has 0 saturated heterocycles. The van der Waals surface area contributed by atoms with Crippen molar-refractivity contribution in [3.8, 4) is 56.6 Å². The fourth-order valence-corrected chi connectivity index (χ4v) is 8.94. The molecule has 0 bridgehead atoms. The van der Waals surface area contributed by atoms with Crippen molar-refractivity contribution in [1.82, 2.24) is 9.55 Å². The van der Waals surface area contributed by atoms with E-state index in [-0.39, 0.29) is 61.1 Å². The third-order valence-corrected chi connectivity index (χ3v) is 11.9. The normalized spacial score (nSPS) is 14.5. The molecule has 2 aliphatic heterocycles. The Morgan fingerprint density at radius 1 is 0.682 bits per heavy atom. The minimum absolute atomic E-state index is 0. The zero-order valence-electron chi connectivity index (χ0n) is 45.7. The molecule has 2 aliphatic rings. The molecule has 66 heavy (non-hydrogen) atoms. The first-order valence-corrected chi connectivity index (χ1v) is 21.2. The van der Waals surface area contributed by atoms with Gasteiger partial charge in [-0.05, 0) is 68.6 Å². The Bertz CT molecular complexity index is 3930. The van der Waals surface area contributed by atoms with Crippen LogP contribution in [0.5, 0.6) is 23.0 Å². The predicted octanol–water partition coefficient (Wildman–Crippen LogP) is 11.5. The smallest absolute Gasteiger partial charge is 0.268 e. The van der Waals surface area contributed by atoms with Gasteiger partial charge in [-0.2, -0.15) is 12.1 Å². The Balaban J connectivity index is 0.00000616. The van der Waals surface area contributed by atoms with Gasteiger partial charge in [0.25, 0.3) is 6.33 Å². The molecular formula is C58H41BN4O2Pt-2. The third-order valence-electron chi connectivity index (χ3n) is 11.9. The number of ether oxygens (including phenoxy) is 2. The van der Waals surface area contributed by atoms with E-state index >= 15 is 0 Å². The Hall–Kier alpha value is -7.47. The number of para-hydroxylation sites is 5. The van der Waals surface area contributed by atoms with Crippen LogP contribution in [0.2, 0.25) is 0 Å². The summed E-state index contributed by atoms with van der Waals surface area (Å²) in [7, 11) is 0. The standard InChI is InChI=1S/C58H41BN4O2.Pt/c1-58(2,3)41-32-33-60-55(34-41)63-49-28-12-10-26-47(49)59-48-27-11-15-31-53(48)65-54-37-44(36-52(63)56(54)59)64-43-23-16-22-42(35-43)61-38-62(51-30-14-13-29-50(51)61)57-45(39-18-6-4-7-19-39)24-17-25-46(57)40-20-8-5-9-21-40;/h4-34,37H,1-3H3;/q-2;/i4D,5D,6D,7D,8D,9D,18D,19D,20D,21D;. The van der Waals surface area contributed by atoms with Gasteiger partial charge in [-0.15, -0.1) is 23.7 Å². The molecule has 0 N–H and O–H groups in total. The molecule has 10 aromatic rings. The van der Waals surface area contributed by atoms with Crippen LogP contribution >= 0.6 is 0 Å². The van der Waals surface area contributed by atoms with Crippen LogP contribution in [0.25, 0.3) is 44.7 Å². The largest absolute Gasteiger partial charge is 0.510 e. The SMILES string of the molecule is [2H]c1c([2H])c([2H])c(-c2cccc(-c3c([2H])c([2H])c([2H])c([2H])c3[2H])c2-[n+]2[c-]n(-c3[c-]c(Oc4[c-]c5c6c(c4)Oc4ccccc4B6c4ccccc4N5c4cc(C(C)(C)C)ccn4)ccc3)c3ccccc32)c([2H])c1[2H].[Pt]. The summed E-state index contributed by atoms with van der Waals surface area (Å²) in [6, 6.07) is 41.5. The number of benzene rings is 8. The zero-order chi connectivity index (χ0) is 52.4. The van der Waals surface area contributed by atoms with Crippen LogP contribution in [-0.2, 0) is 26.5 Å². The molecule has 6 nitrogen and oxygen atoms in total. The van der Waals surface area contributed by atoms with Gasteiger partial charge in [-0.1, -0.05) is 177 Å². The summed E-state index contributed by atoms with van der Waals surface area (Å²) in [4.78, 5) is 7.05. The second-order valence-electron chi connectivity index (χ2n) is 16.8. The predicted molar refractivity (Wildman–Crippen MR) is 261 cm³/mol. The molecule has 8 aromatic carbocycles. The molecule has 0 radical (unpaired) electrons. The molecular weight excluding hydrogens is 991 g/mol. The third kappa shape index (κ3) is 7.03. The van der Waals surface area contributed by atoms with Crippen molar-refractivity contribution in [1.29, 1.82) is 0 Å². The first-order valence-electron chi connectivity index (χ1n) is 26.2. The maximum absolute atomic E-state index is 9.06. The Kier molecular flexibility index (Phi) is 7.86. The van der Waals surface area contributed by atoms with E-state index in [1.807, 2.05) is 79.0 Å². The summed E-state index contributed by atoms with van der Waals surface area (Å²) in [6.07, 6.45) is 5.25. The topological polar surface area (TPSA) is 43.4 Å². The molecule has 0 unspecified atom stereocenters. The number of nitrogens with zero attached hydrogens (tertiary/aromatic N) is 4. The average Bonchev–Trinajstić information content (AvgIpc) is 3.80. The number of fused-ring (bicyclic) bond motifs is 5. The fourth-order valence-electron chi connectivity index (χ4n) is 8.94. The van der Waals surface area contributed by atoms with E-state index in [0.29, 0.717) is 45.5 Å². The van der Waals surface area contributed by atoms with Gasteiger partial charge in [0.1, 0.15) is 11.6 Å².